The minimum absolute atomic E-state index is 0.0703. The maximum Gasteiger partial charge on any atom is 0.317 e. The van der Waals surface area contributed by atoms with E-state index in [0.717, 1.165) is 24.2 Å². The summed E-state index contributed by atoms with van der Waals surface area (Å²) in [6.45, 7) is 2.50. The van der Waals surface area contributed by atoms with Gasteiger partial charge in [0.1, 0.15) is 5.76 Å². The number of β-amino-alcohol motifs (C(OH)–C–C–N with tert-alkyl or cyclic N) is 1. The van der Waals surface area contributed by atoms with Crippen molar-refractivity contribution in [1.82, 2.24) is 25.4 Å². The fraction of sp³-hybridized carbons (Fsp3) is 0.500. The van der Waals surface area contributed by atoms with Crippen molar-refractivity contribution in [2.24, 2.45) is 0 Å². The molecule has 9 nitrogen and oxygen atoms in total. The predicted octanol–water partition coefficient (Wildman–Crippen LogP) is 1.10. The molecule has 3 N–H and O–H groups in total. The minimum Gasteiger partial charge on any atom is -0.467 e. The van der Waals surface area contributed by atoms with Crippen LogP contribution in [0.4, 0.5) is 4.79 Å². The van der Waals surface area contributed by atoms with Crippen molar-refractivity contribution in [1.29, 1.82) is 0 Å². The Bertz CT molecular complexity index is 852. The molecule has 2 aromatic heterocycles. The maximum absolute atomic E-state index is 12.8. The van der Waals surface area contributed by atoms with E-state index in [-0.39, 0.29) is 24.0 Å². The number of nitrogens with zero attached hydrogens (tertiary/aromatic N) is 3. The highest BCUT2D eigenvalue weighted by Gasteiger charge is 2.40. The highest BCUT2D eigenvalue weighted by atomic mass is 16.3. The van der Waals surface area contributed by atoms with E-state index in [4.69, 9.17) is 4.42 Å². The predicted molar refractivity (Wildman–Crippen MR) is 113 cm³/mol. The average Bonchev–Trinajstić information content (AvgIpc) is 3.46. The second-order valence-corrected chi connectivity index (χ2v) is 8.14. The number of pyridine rings is 1. The van der Waals surface area contributed by atoms with Gasteiger partial charge in [-0.05, 0) is 43.0 Å². The molecule has 0 unspecified atom stereocenters. The number of hydrogen-bond acceptors (Lipinski definition) is 6. The molecule has 4 heterocycles. The minimum atomic E-state index is -0.510. The van der Waals surface area contributed by atoms with E-state index in [0.29, 0.717) is 39.1 Å². The van der Waals surface area contributed by atoms with Gasteiger partial charge in [-0.3, -0.25) is 14.7 Å². The van der Waals surface area contributed by atoms with Gasteiger partial charge >= 0.3 is 6.03 Å². The molecule has 0 spiro atoms. The zero-order chi connectivity index (χ0) is 21.6. The first-order chi connectivity index (χ1) is 15.1. The SMILES string of the molecule is O=C(NCc1cccnc1)[C@@H]1C[C@@H](O)CN1C1CCN(C(=O)NCc2ccco2)CC1. The van der Waals surface area contributed by atoms with E-state index in [9.17, 15) is 14.7 Å². The molecule has 31 heavy (non-hydrogen) atoms. The molecule has 0 radical (unpaired) electrons. The molecule has 2 aliphatic heterocycles. The lowest BCUT2D eigenvalue weighted by Crippen LogP contribution is -2.53. The summed E-state index contributed by atoms with van der Waals surface area (Å²) in [5.41, 5.74) is 0.940. The van der Waals surface area contributed by atoms with Gasteiger partial charge in [-0.2, -0.15) is 0 Å². The van der Waals surface area contributed by atoms with Crippen LogP contribution >= 0.6 is 0 Å². The molecule has 2 fully saturated rings. The van der Waals surface area contributed by atoms with Crippen LogP contribution < -0.4 is 10.6 Å². The Labute approximate surface area is 181 Å². The second-order valence-electron chi connectivity index (χ2n) is 8.14. The molecule has 0 bridgehead atoms. The molecule has 4 rings (SSSR count). The summed E-state index contributed by atoms with van der Waals surface area (Å²) in [7, 11) is 0. The van der Waals surface area contributed by atoms with Crippen molar-refractivity contribution >= 4 is 11.9 Å². The van der Waals surface area contributed by atoms with Crippen molar-refractivity contribution in [2.45, 2.75) is 50.5 Å². The summed E-state index contributed by atoms with van der Waals surface area (Å²) in [5, 5.41) is 16.1. The number of urea groups is 1. The van der Waals surface area contributed by atoms with Gasteiger partial charge in [-0.1, -0.05) is 6.07 Å². The van der Waals surface area contributed by atoms with Gasteiger partial charge in [-0.25, -0.2) is 4.79 Å². The summed E-state index contributed by atoms with van der Waals surface area (Å²) in [4.78, 5) is 33.2. The first-order valence-electron chi connectivity index (χ1n) is 10.8. The summed E-state index contributed by atoms with van der Waals surface area (Å²) in [6.07, 6.45) is 6.48. The highest BCUT2D eigenvalue weighted by molar-refractivity contribution is 5.82. The molecule has 3 amide bonds. The van der Waals surface area contributed by atoms with E-state index in [1.54, 1.807) is 29.6 Å². The van der Waals surface area contributed by atoms with Crippen molar-refractivity contribution in [3.05, 3.63) is 54.2 Å². The number of nitrogens with one attached hydrogen (secondary N) is 2. The lowest BCUT2D eigenvalue weighted by atomic mass is 10.0. The summed E-state index contributed by atoms with van der Waals surface area (Å²) >= 11 is 0. The fourth-order valence-corrected chi connectivity index (χ4v) is 4.40. The molecule has 0 aliphatic carbocycles. The zero-order valence-electron chi connectivity index (χ0n) is 17.4. The molecule has 2 aromatic rings. The van der Waals surface area contributed by atoms with E-state index in [1.807, 2.05) is 18.2 Å². The van der Waals surface area contributed by atoms with E-state index < -0.39 is 6.10 Å². The Morgan fingerprint density at radius 3 is 2.71 bits per heavy atom. The van der Waals surface area contributed by atoms with E-state index in [1.165, 1.54) is 0 Å². The van der Waals surface area contributed by atoms with Gasteiger partial charge < -0.3 is 25.1 Å². The number of carbonyl (C=O) groups is 2. The Hall–Kier alpha value is -2.91. The zero-order valence-corrected chi connectivity index (χ0v) is 17.4. The van der Waals surface area contributed by atoms with Crippen LogP contribution in [0.25, 0.3) is 0 Å². The number of rotatable bonds is 6. The number of furan rings is 1. The number of piperidine rings is 1. The maximum atomic E-state index is 12.8. The molecule has 2 aliphatic rings. The van der Waals surface area contributed by atoms with Crippen molar-refractivity contribution in [3.8, 4) is 0 Å². The van der Waals surface area contributed by atoms with Gasteiger partial charge in [0.2, 0.25) is 5.91 Å². The van der Waals surface area contributed by atoms with E-state index in [2.05, 4.69) is 20.5 Å². The number of likely N-dealkylation sites (tertiary alicyclic amines) is 2. The molecule has 9 heteroatoms. The van der Waals surface area contributed by atoms with Crippen LogP contribution in [-0.2, 0) is 17.9 Å². The molecule has 0 aromatic carbocycles. The Morgan fingerprint density at radius 1 is 1.16 bits per heavy atom. The van der Waals surface area contributed by atoms with E-state index >= 15 is 0 Å². The first kappa shape index (κ1) is 21.3. The number of aromatic nitrogens is 1. The largest absolute Gasteiger partial charge is 0.467 e. The number of carbonyl (C=O) groups excluding carboxylic acids is 2. The molecule has 2 atom stereocenters. The topological polar surface area (TPSA) is 111 Å². The third-order valence-corrected chi connectivity index (χ3v) is 6.02. The first-order valence-corrected chi connectivity index (χ1v) is 10.8. The monoisotopic (exact) mass is 427 g/mol. The molecular formula is C22H29N5O4. The molecular weight excluding hydrogens is 398 g/mol. The molecule has 2 saturated heterocycles. The molecule has 0 saturated carbocycles. The average molecular weight is 428 g/mol. The standard InChI is InChI=1S/C22H29N5O4/c28-18-11-20(21(29)24-13-16-3-1-7-23-12-16)27(15-18)17-5-8-26(9-6-17)22(30)25-14-19-4-2-10-31-19/h1-4,7,10,12,17-18,20,28H,5-6,8-9,11,13-15H2,(H,24,29)(H,25,30)/t18-,20+/m1/s1. The Balaban J connectivity index is 1.27. The summed E-state index contributed by atoms with van der Waals surface area (Å²) in [6, 6.07) is 7.08. The van der Waals surface area contributed by atoms with Gasteiger partial charge in [0.25, 0.3) is 0 Å². The lowest BCUT2D eigenvalue weighted by Gasteiger charge is -2.38. The number of amides is 3. The lowest BCUT2D eigenvalue weighted by molar-refractivity contribution is -0.126. The number of aliphatic hydroxyl groups is 1. The van der Waals surface area contributed by atoms with Crippen LogP contribution in [0.5, 0.6) is 0 Å². The highest BCUT2D eigenvalue weighted by Crippen LogP contribution is 2.26. The smallest absolute Gasteiger partial charge is 0.317 e. The van der Waals surface area contributed by atoms with Crippen LogP contribution in [0.2, 0.25) is 0 Å². The molecule has 166 valence electrons. The van der Waals surface area contributed by atoms with Gasteiger partial charge in [0.15, 0.2) is 0 Å². The Kier molecular flexibility index (Phi) is 6.83. The number of aliphatic hydroxyl groups excluding tert-OH is 1. The van der Waals surface area contributed by atoms with Crippen LogP contribution in [0, 0.1) is 0 Å². The van der Waals surface area contributed by atoms with Crippen LogP contribution in [-0.4, -0.2) is 69.7 Å². The summed E-state index contributed by atoms with van der Waals surface area (Å²) < 4.78 is 5.24. The van der Waals surface area contributed by atoms with Crippen LogP contribution in [0.1, 0.15) is 30.6 Å². The number of hydrogen-bond donors (Lipinski definition) is 3. The van der Waals surface area contributed by atoms with Crippen molar-refractivity contribution in [3.63, 3.8) is 0 Å². The van der Waals surface area contributed by atoms with Gasteiger partial charge in [-0.15, -0.1) is 0 Å². The third kappa shape index (κ3) is 5.42. The van der Waals surface area contributed by atoms with Crippen molar-refractivity contribution < 1.29 is 19.1 Å². The second kappa shape index (κ2) is 9.93. The normalized spacial score (nSPS) is 22.4. The summed E-state index contributed by atoms with van der Waals surface area (Å²) in [5.74, 6) is 0.647. The Morgan fingerprint density at radius 2 is 2.00 bits per heavy atom. The quantitative estimate of drug-likeness (QED) is 0.637. The van der Waals surface area contributed by atoms with Crippen molar-refractivity contribution in [2.75, 3.05) is 19.6 Å². The van der Waals surface area contributed by atoms with Crippen LogP contribution in [0.15, 0.2) is 47.3 Å². The van der Waals surface area contributed by atoms with Gasteiger partial charge in [0.05, 0.1) is 25.0 Å². The van der Waals surface area contributed by atoms with Crippen LogP contribution in [0.3, 0.4) is 0 Å². The van der Waals surface area contributed by atoms with Gasteiger partial charge in [0, 0.05) is 44.6 Å². The third-order valence-electron chi connectivity index (χ3n) is 6.02. The fourth-order valence-electron chi connectivity index (χ4n) is 4.40.